The van der Waals surface area contributed by atoms with Gasteiger partial charge in [0.1, 0.15) is 0 Å². The molecule has 3 unspecified atom stereocenters. The number of esters is 1. The summed E-state index contributed by atoms with van der Waals surface area (Å²) >= 11 is 0. The van der Waals surface area contributed by atoms with Crippen LogP contribution < -0.4 is 0 Å². The molecule has 0 aliphatic carbocycles. The Morgan fingerprint density at radius 2 is 2.12 bits per heavy atom. The molecule has 3 heteroatoms. The van der Waals surface area contributed by atoms with Crippen molar-refractivity contribution in [3.63, 3.8) is 0 Å². The van der Waals surface area contributed by atoms with Gasteiger partial charge in [-0.3, -0.25) is 0 Å². The fourth-order valence-electron chi connectivity index (χ4n) is 2.36. The Bertz CT molecular complexity index is 438. The summed E-state index contributed by atoms with van der Waals surface area (Å²) in [6, 6.07) is 9.07. The lowest BCUT2D eigenvalue weighted by Crippen LogP contribution is -2.21. The van der Waals surface area contributed by atoms with Crippen LogP contribution in [0.4, 0.5) is 0 Å². The van der Waals surface area contributed by atoms with Crippen LogP contribution in [0.5, 0.6) is 0 Å². The largest absolute Gasteiger partial charge is 0.462 e. The molecule has 1 saturated heterocycles. The molecule has 0 amide bonds. The SMILES string of the molecule is O=C(OCC1CC2C=CC1O2)c1ccccc1. The molecule has 3 nitrogen and oxygen atoms in total. The molecule has 2 bridgehead atoms. The molecule has 2 aliphatic rings. The smallest absolute Gasteiger partial charge is 0.338 e. The van der Waals surface area contributed by atoms with Gasteiger partial charge in [-0.25, -0.2) is 4.79 Å². The molecule has 2 heterocycles. The highest BCUT2D eigenvalue weighted by molar-refractivity contribution is 5.89. The second-order valence-corrected chi connectivity index (χ2v) is 4.48. The second kappa shape index (κ2) is 4.34. The van der Waals surface area contributed by atoms with Crippen LogP contribution in [0.15, 0.2) is 42.5 Å². The van der Waals surface area contributed by atoms with Crippen molar-refractivity contribution in [3.8, 4) is 0 Å². The number of fused-ring (bicyclic) bond motifs is 2. The van der Waals surface area contributed by atoms with Crippen LogP contribution in [-0.4, -0.2) is 24.8 Å². The summed E-state index contributed by atoms with van der Waals surface area (Å²) in [5.74, 6) is 0.0648. The molecular formula is C14H14O3. The molecule has 2 aliphatic heterocycles. The highest BCUT2D eigenvalue weighted by Gasteiger charge is 2.37. The fraction of sp³-hybridized carbons (Fsp3) is 0.357. The molecule has 0 radical (unpaired) electrons. The summed E-state index contributed by atoms with van der Waals surface area (Å²) in [6.07, 6.45) is 5.49. The number of carbonyl (C=O) groups is 1. The summed E-state index contributed by atoms with van der Waals surface area (Å²) in [5.41, 5.74) is 0.604. The minimum absolute atomic E-state index is 0.142. The minimum Gasteiger partial charge on any atom is -0.462 e. The molecule has 88 valence electrons. The van der Waals surface area contributed by atoms with E-state index in [-0.39, 0.29) is 18.2 Å². The summed E-state index contributed by atoms with van der Waals surface area (Å²) in [4.78, 5) is 11.7. The van der Waals surface area contributed by atoms with Gasteiger partial charge in [0.05, 0.1) is 24.4 Å². The van der Waals surface area contributed by atoms with Gasteiger partial charge in [0.25, 0.3) is 0 Å². The lowest BCUT2D eigenvalue weighted by molar-refractivity contribution is 0.0378. The molecule has 3 rings (SSSR count). The van der Waals surface area contributed by atoms with Gasteiger partial charge in [-0.2, -0.15) is 0 Å². The van der Waals surface area contributed by atoms with E-state index in [9.17, 15) is 4.79 Å². The summed E-state index contributed by atoms with van der Waals surface area (Å²) in [7, 11) is 0. The Hall–Kier alpha value is -1.61. The molecule has 0 aromatic heterocycles. The van der Waals surface area contributed by atoms with E-state index in [1.54, 1.807) is 12.1 Å². The number of hydrogen-bond donors (Lipinski definition) is 0. The normalized spacial score (nSPS) is 29.5. The third-order valence-electron chi connectivity index (χ3n) is 3.29. The molecule has 0 saturated carbocycles. The van der Waals surface area contributed by atoms with Crippen LogP contribution in [0.25, 0.3) is 0 Å². The first-order valence-electron chi connectivity index (χ1n) is 5.89. The van der Waals surface area contributed by atoms with Crippen molar-refractivity contribution in [2.24, 2.45) is 5.92 Å². The van der Waals surface area contributed by atoms with Gasteiger partial charge in [0.15, 0.2) is 0 Å². The number of rotatable bonds is 3. The van der Waals surface area contributed by atoms with E-state index in [0.717, 1.165) is 6.42 Å². The first kappa shape index (κ1) is 10.5. The van der Waals surface area contributed by atoms with Crippen molar-refractivity contribution < 1.29 is 14.3 Å². The molecule has 1 aromatic rings. The van der Waals surface area contributed by atoms with E-state index in [2.05, 4.69) is 12.2 Å². The van der Waals surface area contributed by atoms with Crippen molar-refractivity contribution in [1.29, 1.82) is 0 Å². The predicted octanol–water partition coefficient (Wildman–Crippen LogP) is 2.19. The maximum absolute atomic E-state index is 11.7. The average Bonchev–Trinajstić information content (AvgIpc) is 2.99. The van der Waals surface area contributed by atoms with E-state index < -0.39 is 0 Å². The molecular weight excluding hydrogens is 216 g/mol. The molecule has 0 spiro atoms. The molecule has 1 fully saturated rings. The molecule has 17 heavy (non-hydrogen) atoms. The lowest BCUT2D eigenvalue weighted by atomic mass is 9.95. The van der Waals surface area contributed by atoms with E-state index in [1.807, 2.05) is 18.2 Å². The highest BCUT2D eigenvalue weighted by Crippen LogP contribution is 2.33. The second-order valence-electron chi connectivity index (χ2n) is 4.48. The lowest BCUT2D eigenvalue weighted by Gasteiger charge is -2.15. The first-order valence-corrected chi connectivity index (χ1v) is 5.89. The quantitative estimate of drug-likeness (QED) is 0.589. The molecule has 3 atom stereocenters. The monoisotopic (exact) mass is 230 g/mol. The van der Waals surface area contributed by atoms with Gasteiger partial charge >= 0.3 is 5.97 Å². The summed E-state index contributed by atoms with van der Waals surface area (Å²) < 4.78 is 10.9. The van der Waals surface area contributed by atoms with E-state index in [4.69, 9.17) is 9.47 Å². The Morgan fingerprint density at radius 3 is 2.76 bits per heavy atom. The van der Waals surface area contributed by atoms with Gasteiger partial charge in [0, 0.05) is 5.92 Å². The zero-order valence-corrected chi connectivity index (χ0v) is 9.41. The predicted molar refractivity (Wildman–Crippen MR) is 62.6 cm³/mol. The van der Waals surface area contributed by atoms with Crippen LogP contribution in [-0.2, 0) is 9.47 Å². The zero-order chi connectivity index (χ0) is 11.7. The van der Waals surface area contributed by atoms with Crippen LogP contribution >= 0.6 is 0 Å². The van der Waals surface area contributed by atoms with Crippen LogP contribution in [0.2, 0.25) is 0 Å². The van der Waals surface area contributed by atoms with Crippen molar-refractivity contribution in [3.05, 3.63) is 48.0 Å². The topological polar surface area (TPSA) is 35.5 Å². The third-order valence-corrected chi connectivity index (χ3v) is 3.29. The summed E-state index contributed by atoms with van der Waals surface area (Å²) in [6.45, 7) is 0.444. The molecule has 0 N–H and O–H groups in total. The number of ether oxygens (including phenoxy) is 2. The number of benzene rings is 1. The van der Waals surface area contributed by atoms with Gasteiger partial charge in [-0.15, -0.1) is 0 Å². The Morgan fingerprint density at radius 1 is 1.29 bits per heavy atom. The van der Waals surface area contributed by atoms with Crippen molar-refractivity contribution in [2.45, 2.75) is 18.6 Å². The van der Waals surface area contributed by atoms with E-state index in [0.29, 0.717) is 18.1 Å². The maximum Gasteiger partial charge on any atom is 0.338 e. The fourth-order valence-corrected chi connectivity index (χ4v) is 2.36. The summed E-state index contributed by atoms with van der Waals surface area (Å²) in [5, 5.41) is 0. The van der Waals surface area contributed by atoms with Gasteiger partial charge in [-0.1, -0.05) is 30.4 Å². The zero-order valence-electron chi connectivity index (χ0n) is 9.41. The number of carbonyl (C=O) groups excluding carboxylic acids is 1. The Kier molecular flexibility index (Phi) is 2.69. The van der Waals surface area contributed by atoms with Crippen molar-refractivity contribution >= 4 is 5.97 Å². The molecule has 1 aromatic carbocycles. The van der Waals surface area contributed by atoms with Crippen LogP contribution in [0.3, 0.4) is 0 Å². The van der Waals surface area contributed by atoms with Crippen LogP contribution in [0.1, 0.15) is 16.8 Å². The van der Waals surface area contributed by atoms with Crippen molar-refractivity contribution in [1.82, 2.24) is 0 Å². The maximum atomic E-state index is 11.7. The standard InChI is InChI=1S/C14H14O3/c15-14(10-4-2-1-3-5-10)16-9-11-8-12-6-7-13(11)17-12/h1-7,11-13H,8-9H2. The number of hydrogen-bond acceptors (Lipinski definition) is 3. The first-order chi connectivity index (χ1) is 8.33. The van der Waals surface area contributed by atoms with Gasteiger partial charge < -0.3 is 9.47 Å². The van der Waals surface area contributed by atoms with Crippen molar-refractivity contribution in [2.75, 3.05) is 6.61 Å². The minimum atomic E-state index is -0.252. The Labute approximate surface area is 100 Å². The average molecular weight is 230 g/mol. The van der Waals surface area contributed by atoms with Gasteiger partial charge in [-0.05, 0) is 18.6 Å². The Balaban J connectivity index is 1.55. The van der Waals surface area contributed by atoms with E-state index >= 15 is 0 Å². The van der Waals surface area contributed by atoms with E-state index in [1.165, 1.54) is 0 Å². The van der Waals surface area contributed by atoms with Gasteiger partial charge in [0.2, 0.25) is 0 Å². The highest BCUT2D eigenvalue weighted by atomic mass is 16.5. The third kappa shape index (κ3) is 2.11. The van der Waals surface area contributed by atoms with Crippen LogP contribution in [0, 0.1) is 5.92 Å².